The number of rotatable bonds is 6. The highest BCUT2D eigenvalue weighted by Gasteiger charge is 2.33. The minimum atomic E-state index is -0.366. The Morgan fingerprint density at radius 2 is 1.77 bits per heavy atom. The van der Waals surface area contributed by atoms with Crippen molar-refractivity contribution in [1.82, 2.24) is 14.4 Å². The first kappa shape index (κ1) is 28.0. The van der Waals surface area contributed by atoms with E-state index in [9.17, 15) is 14.3 Å². The third kappa shape index (κ3) is 5.55. The Morgan fingerprint density at radius 3 is 2.52 bits per heavy atom. The summed E-state index contributed by atoms with van der Waals surface area (Å²) in [5.74, 6) is -0.365. The van der Waals surface area contributed by atoms with E-state index in [2.05, 4.69) is 30.0 Å². The number of halogens is 1. The molecule has 0 unspecified atom stereocenters. The molecule has 1 amide bonds. The molecule has 0 radical (unpaired) electrons. The van der Waals surface area contributed by atoms with Gasteiger partial charge in [-0.15, -0.1) is 0 Å². The summed E-state index contributed by atoms with van der Waals surface area (Å²) in [6, 6.07) is 22.4. The number of hydrogen-bond donors (Lipinski definition) is 1. The predicted molar refractivity (Wildman–Crippen MR) is 156 cm³/mol. The average Bonchev–Trinajstić information content (AvgIpc) is 3.25. The van der Waals surface area contributed by atoms with Crippen molar-refractivity contribution in [2.24, 2.45) is 13.0 Å². The number of ether oxygens (including phenoxy) is 1. The SMILES string of the molecule is C[C@H]1CN([C@@H](C)CO)C(=O)c2c(c3ccccc3n2C)-c2ccccc2CO[C@@H]1CN(C)Cc1ccc(F)cc1. The van der Waals surface area contributed by atoms with Crippen LogP contribution >= 0.6 is 0 Å². The Kier molecular flexibility index (Phi) is 8.35. The first-order valence-corrected chi connectivity index (χ1v) is 13.9. The summed E-state index contributed by atoms with van der Waals surface area (Å²) in [5.41, 5.74) is 5.53. The molecule has 0 spiro atoms. The van der Waals surface area contributed by atoms with Crippen LogP contribution < -0.4 is 0 Å². The third-order valence-corrected chi connectivity index (χ3v) is 8.08. The van der Waals surface area contributed by atoms with E-state index in [4.69, 9.17) is 4.74 Å². The number of aromatic nitrogens is 1. The van der Waals surface area contributed by atoms with Crippen molar-refractivity contribution in [2.75, 3.05) is 26.7 Å². The van der Waals surface area contributed by atoms with E-state index in [1.807, 2.05) is 55.9 Å². The lowest BCUT2D eigenvalue weighted by Crippen LogP contribution is -2.47. The summed E-state index contributed by atoms with van der Waals surface area (Å²) in [7, 11) is 3.97. The van der Waals surface area contributed by atoms with Crippen LogP contribution in [-0.4, -0.2) is 64.3 Å². The van der Waals surface area contributed by atoms with Crippen LogP contribution in [0.1, 0.15) is 35.5 Å². The van der Waals surface area contributed by atoms with Crippen molar-refractivity contribution >= 4 is 16.8 Å². The van der Waals surface area contributed by atoms with Crippen molar-refractivity contribution in [3.8, 4) is 11.1 Å². The number of amides is 1. The zero-order chi connectivity index (χ0) is 28.4. The van der Waals surface area contributed by atoms with Crippen molar-refractivity contribution in [1.29, 1.82) is 0 Å². The molecule has 3 atom stereocenters. The van der Waals surface area contributed by atoms with Gasteiger partial charge in [0.15, 0.2) is 0 Å². The molecule has 210 valence electrons. The number of nitrogens with zero attached hydrogens (tertiary/aromatic N) is 3. The van der Waals surface area contributed by atoms with Crippen LogP contribution in [0.25, 0.3) is 22.0 Å². The Bertz CT molecular complexity index is 1480. The van der Waals surface area contributed by atoms with E-state index in [1.54, 1.807) is 17.0 Å². The lowest BCUT2D eigenvalue weighted by molar-refractivity contribution is -0.0242. The van der Waals surface area contributed by atoms with E-state index >= 15 is 0 Å². The molecule has 2 heterocycles. The van der Waals surface area contributed by atoms with Gasteiger partial charge in [-0.1, -0.05) is 61.5 Å². The summed E-state index contributed by atoms with van der Waals surface area (Å²) in [5, 5.41) is 11.2. The van der Waals surface area contributed by atoms with Gasteiger partial charge in [-0.2, -0.15) is 0 Å². The molecular weight excluding hydrogens is 505 g/mol. The number of hydrogen-bond acceptors (Lipinski definition) is 4. The number of fused-ring (bicyclic) bond motifs is 5. The number of aliphatic hydroxyl groups is 1. The van der Waals surface area contributed by atoms with Gasteiger partial charge >= 0.3 is 0 Å². The minimum absolute atomic E-state index is 0.0167. The first-order valence-electron chi connectivity index (χ1n) is 13.9. The highest BCUT2D eigenvalue weighted by atomic mass is 19.1. The standard InChI is InChI=1S/C33H38FN3O3/c1-22-17-37(23(2)20-38)33(39)32-31(28-11-7-8-12-29(28)36(32)4)27-10-6-5-9-25(27)21-40-30(22)19-35(3)18-24-13-15-26(34)16-14-24/h5-16,22-23,30,38H,17-21H2,1-4H3/t22-,23-,30+/m0/s1. The Morgan fingerprint density at radius 1 is 1.07 bits per heavy atom. The lowest BCUT2D eigenvalue weighted by Gasteiger charge is -2.35. The fourth-order valence-electron chi connectivity index (χ4n) is 5.80. The number of aryl methyl sites for hydroxylation is 1. The Balaban J connectivity index is 1.56. The summed E-state index contributed by atoms with van der Waals surface area (Å²) in [6.45, 7) is 5.98. The molecule has 5 rings (SSSR count). The number of likely N-dealkylation sites (N-methyl/N-ethyl adjacent to an activating group) is 1. The summed E-state index contributed by atoms with van der Waals surface area (Å²) >= 11 is 0. The van der Waals surface area contributed by atoms with Gasteiger partial charge in [-0.25, -0.2) is 4.39 Å². The van der Waals surface area contributed by atoms with E-state index in [0.717, 1.165) is 33.2 Å². The molecule has 6 nitrogen and oxygen atoms in total. The quantitative estimate of drug-likeness (QED) is 0.350. The van der Waals surface area contributed by atoms with Crippen LogP contribution in [0.2, 0.25) is 0 Å². The molecule has 0 aliphatic carbocycles. The van der Waals surface area contributed by atoms with Crippen LogP contribution in [-0.2, 0) is 24.9 Å². The van der Waals surface area contributed by atoms with Gasteiger partial charge in [0.1, 0.15) is 11.5 Å². The van der Waals surface area contributed by atoms with Gasteiger partial charge in [-0.3, -0.25) is 9.69 Å². The maximum atomic E-state index is 14.4. The Labute approximate surface area is 235 Å². The monoisotopic (exact) mass is 543 g/mol. The number of para-hydroxylation sites is 1. The van der Waals surface area contributed by atoms with Crippen molar-refractivity contribution in [3.63, 3.8) is 0 Å². The van der Waals surface area contributed by atoms with Crippen molar-refractivity contribution in [2.45, 2.75) is 39.1 Å². The summed E-state index contributed by atoms with van der Waals surface area (Å²) < 4.78 is 22.1. The highest BCUT2D eigenvalue weighted by Crippen LogP contribution is 2.38. The largest absolute Gasteiger partial charge is 0.394 e. The third-order valence-electron chi connectivity index (χ3n) is 8.08. The topological polar surface area (TPSA) is 57.9 Å². The second kappa shape index (κ2) is 11.9. The molecule has 0 bridgehead atoms. The maximum absolute atomic E-state index is 14.4. The molecule has 4 aromatic rings. The molecule has 7 heteroatoms. The second-order valence-corrected chi connectivity index (χ2v) is 11.1. The molecule has 40 heavy (non-hydrogen) atoms. The fourth-order valence-corrected chi connectivity index (χ4v) is 5.80. The second-order valence-electron chi connectivity index (χ2n) is 11.1. The van der Waals surface area contributed by atoms with Crippen LogP contribution in [0.4, 0.5) is 4.39 Å². The van der Waals surface area contributed by atoms with Gasteiger partial charge in [0.2, 0.25) is 0 Å². The lowest BCUT2D eigenvalue weighted by atomic mass is 9.96. The molecule has 1 aromatic heterocycles. The van der Waals surface area contributed by atoms with Crippen LogP contribution in [0.3, 0.4) is 0 Å². The number of carbonyl (C=O) groups excluding carboxylic acids is 1. The number of aliphatic hydroxyl groups excluding tert-OH is 1. The molecular formula is C33H38FN3O3. The Hall–Kier alpha value is -3.52. The van der Waals surface area contributed by atoms with Gasteiger partial charge in [0, 0.05) is 49.1 Å². The van der Waals surface area contributed by atoms with Gasteiger partial charge in [0.05, 0.1) is 25.4 Å². The van der Waals surface area contributed by atoms with Crippen LogP contribution in [0.5, 0.6) is 0 Å². The van der Waals surface area contributed by atoms with E-state index < -0.39 is 0 Å². The zero-order valence-electron chi connectivity index (χ0n) is 23.7. The molecule has 3 aromatic carbocycles. The zero-order valence-corrected chi connectivity index (χ0v) is 23.7. The first-order chi connectivity index (χ1) is 19.3. The molecule has 0 fully saturated rings. The molecule has 1 aliphatic heterocycles. The predicted octanol–water partition coefficient (Wildman–Crippen LogP) is 5.47. The van der Waals surface area contributed by atoms with Gasteiger partial charge in [-0.05, 0) is 48.9 Å². The van der Waals surface area contributed by atoms with E-state index in [1.165, 1.54) is 12.1 Å². The fraction of sp³-hybridized carbons (Fsp3) is 0.364. The van der Waals surface area contributed by atoms with Crippen molar-refractivity contribution < 1.29 is 19.0 Å². The average molecular weight is 544 g/mol. The highest BCUT2D eigenvalue weighted by molar-refractivity contribution is 6.10. The molecule has 0 saturated heterocycles. The minimum Gasteiger partial charge on any atom is -0.394 e. The molecule has 0 saturated carbocycles. The van der Waals surface area contributed by atoms with E-state index in [-0.39, 0.29) is 36.4 Å². The van der Waals surface area contributed by atoms with Gasteiger partial charge in [0.25, 0.3) is 5.91 Å². The van der Waals surface area contributed by atoms with Crippen LogP contribution in [0, 0.1) is 11.7 Å². The van der Waals surface area contributed by atoms with Crippen molar-refractivity contribution in [3.05, 3.63) is 95.4 Å². The van der Waals surface area contributed by atoms with Gasteiger partial charge < -0.3 is 19.3 Å². The number of carbonyl (C=O) groups is 1. The molecule has 1 N–H and O–H groups in total. The summed E-state index contributed by atoms with van der Waals surface area (Å²) in [4.78, 5) is 18.4. The molecule has 1 aliphatic rings. The van der Waals surface area contributed by atoms with E-state index in [0.29, 0.717) is 31.9 Å². The summed E-state index contributed by atoms with van der Waals surface area (Å²) in [6.07, 6.45) is -0.183. The smallest absolute Gasteiger partial charge is 0.271 e. The normalized spacial score (nSPS) is 18.9. The number of benzene rings is 3. The maximum Gasteiger partial charge on any atom is 0.271 e. The van der Waals surface area contributed by atoms with Crippen LogP contribution in [0.15, 0.2) is 72.8 Å².